The molecule has 1 atom stereocenters. The summed E-state index contributed by atoms with van der Waals surface area (Å²) >= 11 is 0. The summed E-state index contributed by atoms with van der Waals surface area (Å²) in [5.74, 6) is 1.37. The van der Waals surface area contributed by atoms with Gasteiger partial charge in [0, 0.05) is 36.9 Å². The van der Waals surface area contributed by atoms with Crippen molar-refractivity contribution in [3.8, 4) is 0 Å². The number of rotatable bonds is 5. The van der Waals surface area contributed by atoms with Gasteiger partial charge >= 0.3 is 0 Å². The molecule has 2 aromatic rings. The molecular formula is C17H24N4. The smallest absolute Gasteiger partial charge is 0.128 e. The Hall–Kier alpha value is -1.84. The van der Waals surface area contributed by atoms with Crippen LogP contribution in [-0.4, -0.2) is 19.9 Å². The summed E-state index contributed by atoms with van der Waals surface area (Å²) in [5.41, 5.74) is 2.40. The highest BCUT2D eigenvalue weighted by Crippen LogP contribution is 2.19. The maximum atomic E-state index is 4.69. The molecule has 2 heterocycles. The molecule has 0 N–H and O–H groups in total. The monoisotopic (exact) mass is 284 g/mol. The molecule has 0 fully saturated rings. The van der Waals surface area contributed by atoms with E-state index in [0.717, 1.165) is 36.5 Å². The lowest BCUT2D eigenvalue weighted by Gasteiger charge is -2.17. The highest BCUT2D eigenvalue weighted by Gasteiger charge is 2.14. The molecule has 0 radical (unpaired) electrons. The Morgan fingerprint density at radius 2 is 1.81 bits per heavy atom. The van der Waals surface area contributed by atoms with E-state index in [0.29, 0.717) is 5.92 Å². The highest BCUT2D eigenvalue weighted by atomic mass is 14.9. The Labute approximate surface area is 127 Å². The second-order valence-corrected chi connectivity index (χ2v) is 6.91. The largest absolute Gasteiger partial charge is 0.261 e. The van der Waals surface area contributed by atoms with E-state index < -0.39 is 0 Å². The molecule has 0 aliphatic carbocycles. The van der Waals surface area contributed by atoms with Crippen molar-refractivity contribution >= 4 is 0 Å². The molecule has 0 saturated carbocycles. The summed E-state index contributed by atoms with van der Waals surface area (Å²) in [5, 5.41) is 0. The molecule has 2 rings (SSSR count). The molecular weight excluding hydrogens is 260 g/mol. The molecule has 2 aromatic heterocycles. The third-order valence-electron chi connectivity index (χ3n) is 3.18. The van der Waals surface area contributed by atoms with Crippen LogP contribution in [0, 0.1) is 11.3 Å². The van der Waals surface area contributed by atoms with Gasteiger partial charge in [0.05, 0.1) is 5.69 Å². The predicted molar refractivity (Wildman–Crippen MR) is 83.8 cm³/mol. The van der Waals surface area contributed by atoms with Crippen molar-refractivity contribution in [3.05, 3.63) is 48.1 Å². The van der Waals surface area contributed by atoms with Gasteiger partial charge in [-0.1, -0.05) is 27.7 Å². The fraction of sp³-hybridized carbons (Fsp3) is 0.529. The maximum Gasteiger partial charge on any atom is 0.128 e. The van der Waals surface area contributed by atoms with Crippen LogP contribution in [-0.2, 0) is 19.3 Å². The molecule has 1 unspecified atom stereocenters. The van der Waals surface area contributed by atoms with Crippen LogP contribution in [0.1, 0.15) is 44.9 Å². The number of aromatic nitrogens is 4. The van der Waals surface area contributed by atoms with Crippen LogP contribution in [0.5, 0.6) is 0 Å². The topological polar surface area (TPSA) is 51.6 Å². The molecule has 0 amide bonds. The number of hydrogen-bond acceptors (Lipinski definition) is 4. The molecule has 112 valence electrons. The van der Waals surface area contributed by atoms with Gasteiger partial charge < -0.3 is 0 Å². The predicted octanol–water partition coefficient (Wildman–Crippen LogP) is 3.28. The van der Waals surface area contributed by atoms with Crippen LogP contribution < -0.4 is 0 Å². The second kappa shape index (κ2) is 6.74. The summed E-state index contributed by atoms with van der Waals surface area (Å²) in [6.45, 7) is 8.89. The summed E-state index contributed by atoms with van der Waals surface area (Å²) in [6, 6.07) is 2.02. The normalized spacial score (nSPS) is 13.1. The van der Waals surface area contributed by atoms with E-state index in [1.54, 1.807) is 12.4 Å². The van der Waals surface area contributed by atoms with E-state index in [1.807, 2.05) is 18.5 Å². The van der Waals surface area contributed by atoms with E-state index in [4.69, 9.17) is 4.98 Å². The van der Waals surface area contributed by atoms with Gasteiger partial charge in [0.15, 0.2) is 0 Å². The van der Waals surface area contributed by atoms with Crippen molar-refractivity contribution < 1.29 is 0 Å². The Morgan fingerprint density at radius 3 is 2.48 bits per heavy atom. The van der Waals surface area contributed by atoms with Crippen molar-refractivity contribution in [3.63, 3.8) is 0 Å². The van der Waals surface area contributed by atoms with E-state index in [1.165, 1.54) is 0 Å². The lowest BCUT2D eigenvalue weighted by molar-refractivity contribution is 0.404. The Balaban J connectivity index is 1.97. The molecule has 0 aliphatic rings. The Morgan fingerprint density at radius 1 is 1.00 bits per heavy atom. The van der Waals surface area contributed by atoms with Gasteiger partial charge in [-0.15, -0.1) is 0 Å². The first-order valence-corrected chi connectivity index (χ1v) is 7.48. The molecule has 0 saturated heterocycles. The standard InChI is InChI=1S/C17H24N4/c1-13(9-15-12-18-7-8-19-15)10-16-20-6-5-14(21-16)11-17(2,3)4/h5-8,12-13H,9-11H2,1-4H3. The molecule has 0 bridgehead atoms. The zero-order valence-corrected chi connectivity index (χ0v) is 13.4. The van der Waals surface area contributed by atoms with E-state index in [9.17, 15) is 0 Å². The zero-order chi connectivity index (χ0) is 15.3. The van der Waals surface area contributed by atoms with Crippen LogP contribution in [0.4, 0.5) is 0 Å². The average molecular weight is 284 g/mol. The van der Waals surface area contributed by atoms with Gasteiger partial charge in [-0.25, -0.2) is 9.97 Å². The van der Waals surface area contributed by atoms with Crippen molar-refractivity contribution in [2.45, 2.75) is 47.0 Å². The fourth-order valence-electron chi connectivity index (χ4n) is 2.36. The summed E-state index contributed by atoms with van der Waals surface area (Å²) in [7, 11) is 0. The first-order chi connectivity index (χ1) is 9.92. The molecule has 0 spiro atoms. The summed E-state index contributed by atoms with van der Waals surface area (Å²) < 4.78 is 0. The minimum absolute atomic E-state index is 0.247. The second-order valence-electron chi connectivity index (χ2n) is 6.91. The van der Waals surface area contributed by atoms with Crippen molar-refractivity contribution in [1.29, 1.82) is 0 Å². The van der Waals surface area contributed by atoms with Gasteiger partial charge in [0.1, 0.15) is 5.82 Å². The lowest BCUT2D eigenvalue weighted by atomic mass is 9.90. The number of hydrogen-bond donors (Lipinski definition) is 0. The van der Waals surface area contributed by atoms with Gasteiger partial charge in [-0.05, 0) is 30.2 Å². The first kappa shape index (κ1) is 15.5. The van der Waals surface area contributed by atoms with Gasteiger partial charge in [0.25, 0.3) is 0 Å². The van der Waals surface area contributed by atoms with E-state index in [2.05, 4.69) is 42.6 Å². The zero-order valence-electron chi connectivity index (χ0n) is 13.4. The maximum absolute atomic E-state index is 4.69. The van der Waals surface area contributed by atoms with Gasteiger partial charge in [-0.3, -0.25) is 9.97 Å². The average Bonchev–Trinajstić information content (AvgIpc) is 2.38. The van der Waals surface area contributed by atoms with Crippen LogP contribution in [0.25, 0.3) is 0 Å². The third kappa shape index (κ3) is 5.58. The number of nitrogens with zero attached hydrogens (tertiary/aromatic N) is 4. The van der Waals surface area contributed by atoms with Crippen LogP contribution >= 0.6 is 0 Å². The molecule has 4 heteroatoms. The third-order valence-corrected chi connectivity index (χ3v) is 3.18. The van der Waals surface area contributed by atoms with Crippen molar-refractivity contribution in [2.75, 3.05) is 0 Å². The lowest BCUT2D eigenvalue weighted by Crippen LogP contribution is -2.13. The Bertz CT molecular complexity index is 561. The molecule has 0 aliphatic heterocycles. The van der Waals surface area contributed by atoms with E-state index in [-0.39, 0.29) is 5.41 Å². The van der Waals surface area contributed by atoms with Crippen LogP contribution in [0.2, 0.25) is 0 Å². The van der Waals surface area contributed by atoms with Gasteiger partial charge in [0.2, 0.25) is 0 Å². The molecule has 21 heavy (non-hydrogen) atoms. The van der Waals surface area contributed by atoms with Gasteiger partial charge in [-0.2, -0.15) is 0 Å². The molecule has 0 aromatic carbocycles. The SMILES string of the molecule is CC(Cc1cnccn1)Cc1nccc(CC(C)(C)C)n1. The minimum Gasteiger partial charge on any atom is -0.261 e. The van der Waals surface area contributed by atoms with Crippen molar-refractivity contribution in [1.82, 2.24) is 19.9 Å². The Kier molecular flexibility index (Phi) is 4.99. The summed E-state index contributed by atoms with van der Waals surface area (Å²) in [6.07, 6.45) is 9.89. The van der Waals surface area contributed by atoms with E-state index >= 15 is 0 Å². The van der Waals surface area contributed by atoms with Crippen LogP contribution in [0.15, 0.2) is 30.9 Å². The summed E-state index contributed by atoms with van der Waals surface area (Å²) in [4.78, 5) is 17.5. The minimum atomic E-state index is 0.247. The van der Waals surface area contributed by atoms with Crippen molar-refractivity contribution in [2.24, 2.45) is 11.3 Å². The first-order valence-electron chi connectivity index (χ1n) is 7.48. The quantitative estimate of drug-likeness (QED) is 0.845. The fourth-order valence-corrected chi connectivity index (χ4v) is 2.36. The molecule has 4 nitrogen and oxygen atoms in total. The van der Waals surface area contributed by atoms with Crippen LogP contribution in [0.3, 0.4) is 0 Å². The highest BCUT2D eigenvalue weighted by molar-refractivity contribution is 5.05.